The van der Waals surface area contributed by atoms with Crippen molar-refractivity contribution in [2.75, 3.05) is 0 Å². The first kappa shape index (κ1) is 22.8. The van der Waals surface area contributed by atoms with E-state index in [1.165, 1.54) is 85.5 Å². The number of hydrogen-bond donors (Lipinski definition) is 0. The van der Waals surface area contributed by atoms with Gasteiger partial charge >= 0.3 is 0 Å². The number of benzene rings is 8. The summed E-state index contributed by atoms with van der Waals surface area (Å²) in [5.41, 5.74) is 5.17. The van der Waals surface area contributed by atoms with Gasteiger partial charge in [-0.1, -0.05) is 127 Å². The molecule has 0 radical (unpaired) electrons. The highest BCUT2D eigenvalue weighted by atomic mass is 32.1. The second-order valence-electron chi connectivity index (χ2n) is 10.8. The first-order valence-electron chi connectivity index (χ1n) is 14.1. The fourth-order valence-corrected chi connectivity index (χ4v) is 8.08. The minimum Gasteiger partial charge on any atom is -0.135 e. The Kier molecular flexibility index (Phi) is 4.87. The summed E-state index contributed by atoms with van der Waals surface area (Å²) in [4.78, 5) is 0. The quantitative estimate of drug-likeness (QED) is 0.193. The topological polar surface area (TPSA) is 0 Å². The summed E-state index contributed by atoms with van der Waals surface area (Å²) in [6, 6.07) is 53.7. The normalized spacial score (nSPS) is 11.9. The van der Waals surface area contributed by atoms with Gasteiger partial charge in [-0.25, -0.2) is 0 Å². The maximum Gasteiger partial charge on any atom is 0.0434 e. The lowest BCUT2D eigenvalue weighted by molar-refractivity contribution is 1.70. The monoisotopic (exact) mass is 536 g/mol. The Hall–Kier alpha value is -4.98. The SMILES string of the molecule is c1ccc2c(-c3cc4cc(-c5cccc6c5sc5ccccc56)c5ccccc5c4c4ccccc34)cccc2c1. The van der Waals surface area contributed by atoms with Crippen molar-refractivity contribution in [3.63, 3.8) is 0 Å². The van der Waals surface area contributed by atoms with Crippen molar-refractivity contribution in [3.8, 4) is 22.3 Å². The molecule has 0 saturated heterocycles. The first-order chi connectivity index (χ1) is 20.3. The van der Waals surface area contributed by atoms with Crippen LogP contribution in [0.3, 0.4) is 0 Å². The predicted molar refractivity (Wildman–Crippen MR) is 180 cm³/mol. The first-order valence-corrected chi connectivity index (χ1v) is 14.9. The summed E-state index contributed by atoms with van der Waals surface area (Å²) in [5.74, 6) is 0. The number of hydrogen-bond acceptors (Lipinski definition) is 1. The Morgan fingerprint density at radius 3 is 1.59 bits per heavy atom. The lowest BCUT2D eigenvalue weighted by Gasteiger charge is -2.17. The van der Waals surface area contributed by atoms with E-state index in [0.717, 1.165) is 0 Å². The Labute approximate surface area is 241 Å². The fourth-order valence-electron chi connectivity index (χ4n) is 6.85. The van der Waals surface area contributed by atoms with Gasteiger partial charge in [-0.05, 0) is 78.0 Å². The smallest absolute Gasteiger partial charge is 0.0434 e. The van der Waals surface area contributed by atoms with E-state index in [0.29, 0.717) is 0 Å². The molecular weight excluding hydrogens is 513 g/mol. The number of rotatable bonds is 2. The van der Waals surface area contributed by atoms with Gasteiger partial charge in [0.2, 0.25) is 0 Å². The molecule has 1 aromatic heterocycles. The van der Waals surface area contributed by atoms with E-state index >= 15 is 0 Å². The summed E-state index contributed by atoms with van der Waals surface area (Å²) in [7, 11) is 0. The molecule has 190 valence electrons. The van der Waals surface area contributed by atoms with E-state index in [1.54, 1.807) is 0 Å². The average Bonchev–Trinajstić information content (AvgIpc) is 3.43. The molecule has 0 saturated carbocycles. The largest absolute Gasteiger partial charge is 0.135 e. The van der Waals surface area contributed by atoms with E-state index in [4.69, 9.17) is 0 Å². The molecule has 0 bridgehead atoms. The number of fused-ring (bicyclic) bond motifs is 9. The van der Waals surface area contributed by atoms with E-state index in [9.17, 15) is 0 Å². The lowest BCUT2D eigenvalue weighted by atomic mass is 9.86. The van der Waals surface area contributed by atoms with Crippen LogP contribution in [0.15, 0.2) is 146 Å². The third-order valence-electron chi connectivity index (χ3n) is 8.64. The molecule has 0 N–H and O–H groups in total. The highest BCUT2D eigenvalue weighted by Crippen LogP contribution is 2.46. The second kappa shape index (κ2) is 8.76. The van der Waals surface area contributed by atoms with Crippen molar-refractivity contribution in [3.05, 3.63) is 146 Å². The van der Waals surface area contributed by atoms with Crippen LogP contribution in [0, 0.1) is 0 Å². The zero-order valence-electron chi connectivity index (χ0n) is 22.3. The third-order valence-corrected chi connectivity index (χ3v) is 9.86. The maximum atomic E-state index is 2.44. The van der Waals surface area contributed by atoms with E-state index < -0.39 is 0 Å². The highest BCUT2D eigenvalue weighted by molar-refractivity contribution is 7.26. The zero-order valence-corrected chi connectivity index (χ0v) is 23.1. The summed E-state index contributed by atoms with van der Waals surface area (Å²) < 4.78 is 2.69. The van der Waals surface area contributed by atoms with Gasteiger partial charge in [0.25, 0.3) is 0 Å². The summed E-state index contributed by atoms with van der Waals surface area (Å²) >= 11 is 1.90. The Morgan fingerprint density at radius 1 is 0.317 bits per heavy atom. The molecule has 0 fully saturated rings. The Morgan fingerprint density at radius 2 is 0.829 bits per heavy atom. The Balaban J connectivity index is 1.44. The van der Waals surface area contributed by atoms with Crippen molar-refractivity contribution in [2.45, 2.75) is 0 Å². The highest BCUT2D eigenvalue weighted by Gasteiger charge is 2.17. The van der Waals surface area contributed by atoms with E-state index in [2.05, 4.69) is 146 Å². The molecule has 41 heavy (non-hydrogen) atoms. The molecule has 0 nitrogen and oxygen atoms in total. The number of thiophene rings is 1. The standard InChI is InChI=1S/C40H24S/c1-2-13-27-25(11-1)12-9-19-28(27)36-23-26-24-37(35-21-10-20-34-31-16-7-8-22-38(31)41-40(34)35)30-15-4-6-18-33(30)39(26)32-17-5-3-14-29(32)36/h1-24H. The van der Waals surface area contributed by atoms with Gasteiger partial charge in [-0.2, -0.15) is 0 Å². The van der Waals surface area contributed by atoms with Gasteiger partial charge in [0.15, 0.2) is 0 Å². The maximum absolute atomic E-state index is 2.44. The average molecular weight is 537 g/mol. The summed E-state index contributed by atoms with van der Waals surface area (Å²) in [5, 5.41) is 13.0. The molecule has 9 aromatic rings. The lowest BCUT2D eigenvalue weighted by Crippen LogP contribution is -1.90. The molecule has 1 heterocycles. The minimum atomic E-state index is 1.27. The Bertz CT molecular complexity index is 2470. The molecule has 0 aliphatic carbocycles. The summed E-state index contributed by atoms with van der Waals surface area (Å²) in [6.45, 7) is 0. The van der Waals surface area contributed by atoms with Crippen LogP contribution in [-0.2, 0) is 0 Å². The van der Waals surface area contributed by atoms with Gasteiger partial charge in [-0.3, -0.25) is 0 Å². The fraction of sp³-hybridized carbons (Fsp3) is 0. The van der Waals surface area contributed by atoms with Crippen LogP contribution in [0.1, 0.15) is 0 Å². The van der Waals surface area contributed by atoms with Gasteiger partial charge < -0.3 is 0 Å². The van der Waals surface area contributed by atoms with Gasteiger partial charge in [0, 0.05) is 25.7 Å². The van der Waals surface area contributed by atoms with Gasteiger partial charge in [0.05, 0.1) is 0 Å². The van der Waals surface area contributed by atoms with E-state index in [1.807, 2.05) is 11.3 Å². The molecule has 8 aromatic carbocycles. The molecule has 0 atom stereocenters. The van der Waals surface area contributed by atoms with E-state index in [-0.39, 0.29) is 0 Å². The molecule has 0 amide bonds. The van der Waals surface area contributed by atoms with Crippen LogP contribution >= 0.6 is 11.3 Å². The molecule has 0 spiro atoms. The van der Waals surface area contributed by atoms with Crippen molar-refractivity contribution in [1.29, 1.82) is 0 Å². The van der Waals surface area contributed by atoms with Crippen molar-refractivity contribution >= 4 is 74.6 Å². The van der Waals surface area contributed by atoms with Gasteiger partial charge in [-0.15, -0.1) is 11.3 Å². The van der Waals surface area contributed by atoms with Crippen LogP contribution in [0.4, 0.5) is 0 Å². The molecule has 0 unspecified atom stereocenters. The van der Waals surface area contributed by atoms with Crippen LogP contribution in [0.5, 0.6) is 0 Å². The van der Waals surface area contributed by atoms with Crippen molar-refractivity contribution < 1.29 is 0 Å². The van der Waals surface area contributed by atoms with Crippen molar-refractivity contribution in [1.82, 2.24) is 0 Å². The second-order valence-corrected chi connectivity index (χ2v) is 11.9. The van der Waals surface area contributed by atoms with Gasteiger partial charge in [0.1, 0.15) is 0 Å². The third kappa shape index (κ3) is 3.33. The van der Waals surface area contributed by atoms with Crippen LogP contribution in [-0.4, -0.2) is 0 Å². The molecule has 1 heteroatoms. The summed E-state index contributed by atoms with van der Waals surface area (Å²) in [6.07, 6.45) is 0. The van der Waals surface area contributed by atoms with Crippen LogP contribution in [0.25, 0.3) is 85.5 Å². The predicted octanol–water partition coefficient (Wildman–Crippen LogP) is 12.0. The van der Waals surface area contributed by atoms with Crippen LogP contribution < -0.4 is 0 Å². The van der Waals surface area contributed by atoms with Crippen LogP contribution in [0.2, 0.25) is 0 Å². The zero-order chi connectivity index (χ0) is 26.9. The molecule has 0 aliphatic rings. The molecule has 0 aliphatic heterocycles. The molecular formula is C40H24S. The minimum absolute atomic E-state index is 1.27. The van der Waals surface area contributed by atoms with Crippen molar-refractivity contribution in [2.24, 2.45) is 0 Å². The molecule has 9 rings (SSSR count).